The highest BCUT2D eigenvalue weighted by Crippen LogP contribution is 2.39. The van der Waals surface area contributed by atoms with Crippen LogP contribution in [0.1, 0.15) is 26.3 Å². The number of rotatable bonds is 12. The fraction of sp³-hybridized carbons (Fsp3) is 0.571. The molecule has 5 N–H and O–H groups in total. The lowest BCUT2D eigenvalue weighted by molar-refractivity contribution is -0.384. The molecule has 17 nitrogen and oxygen atoms in total. The smallest absolute Gasteiger partial charge is 0.331 e. The second-order valence-electron chi connectivity index (χ2n) is 10.1. The normalized spacial score (nSPS) is 31.3. The Morgan fingerprint density at radius 2 is 1.62 bits per heavy atom. The van der Waals surface area contributed by atoms with Crippen molar-refractivity contribution in [1.82, 2.24) is 0 Å². The largest absolute Gasteiger partial charge is 0.504 e. The number of phenolic OH excluding ortho intramolecular Hbond substituents is 1. The van der Waals surface area contributed by atoms with Gasteiger partial charge in [-0.15, -0.1) is 0 Å². The number of phenols is 1. The summed E-state index contributed by atoms with van der Waals surface area (Å²) in [6.45, 7) is 0.820. The molecule has 2 heterocycles. The van der Waals surface area contributed by atoms with Crippen molar-refractivity contribution in [3.05, 3.63) is 29.8 Å². The van der Waals surface area contributed by atoms with E-state index in [1.807, 2.05) is 0 Å². The summed E-state index contributed by atoms with van der Waals surface area (Å²) in [4.78, 5) is 48.0. The summed E-state index contributed by atoms with van der Waals surface area (Å²) in [6, 6.07) is 4.21. The average Bonchev–Trinajstić information content (AvgIpc) is 3.24. The Bertz CT molecular complexity index is 1250. The van der Waals surface area contributed by atoms with Crippen LogP contribution in [0.25, 0.3) is 6.08 Å². The van der Waals surface area contributed by atoms with Gasteiger partial charge in [0.25, 0.3) is 0 Å². The van der Waals surface area contributed by atoms with E-state index in [2.05, 4.69) is 0 Å². The number of carbonyl (C=O) groups is 4. The number of aromatic hydroxyl groups is 1. The first-order valence-corrected chi connectivity index (χ1v) is 13.6. The Kier molecular flexibility index (Phi) is 12.2. The van der Waals surface area contributed by atoms with Crippen LogP contribution in [-0.4, -0.2) is 131 Å². The summed E-state index contributed by atoms with van der Waals surface area (Å²) in [7, 11) is 1.33. The van der Waals surface area contributed by atoms with Gasteiger partial charge in [0.2, 0.25) is 12.1 Å². The fourth-order valence-electron chi connectivity index (χ4n) is 4.58. The van der Waals surface area contributed by atoms with Crippen molar-refractivity contribution >= 4 is 30.0 Å². The topological polar surface area (TPSA) is 243 Å². The van der Waals surface area contributed by atoms with E-state index in [1.54, 1.807) is 0 Å². The predicted octanol–water partition coefficient (Wildman–Crippen LogP) is -1.70. The van der Waals surface area contributed by atoms with Gasteiger partial charge in [-0.3, -0.25) is 14.4 Å². The summed E-state index contributed by atoms with van der Waals surface area (Å²) < 4.78 is 43.0. The van der Waals surface area contributed by atoms with Crippen molar-refractivity contribution in [3.8, 4) is 11.5 Å². The SMILES string of the molecule is COc1cc(C=CC(=O)O[C@H]2[C@H](O)[C@@H](CO)O[C@@]2(COC(C)=O)O[C@H]2O[C@H](COC(C)=O)[C@@H](O)[C@H](O)[C@H]2OC(C)=O)ccc1O. The number of esters is 4. The minimum Gasteiger partial charge on any atom is -0.504 e. The standard InChI is InChI=1S/C28H36O17/c1-13(30)39-11-20-22(35)24(37)25(41-15(3)32)27(42-20)45-28(12-40-14(2)31)26(23(36)19(10-29)44-28)43-21(34)8-6-16-5-7-17(33)18(9-16)38-4/h5-9,19-20,22-27,29,33,35-37H,10-12H2,1-4H3/t19-,20-,22-,23-,24+,25-,26+,27-,28+/m1/s1. The lowest BCUT2D eigenvalue weighted by atomic mass is 9.98. The molecule has 0 bridgehead atoms. The summed E-state index contributed by atoms with van der Waals surface area (Å²) >= 11 is 0. The third kappa shape index (κ3) is 8.88. The first kappa shape index (κ1) is 35.6. The van der Waals surface area contributed by atoms with Gasteiger partial charge in [0.15, 0.2) is 23.7 Å². The summed E-state index contributed by atoms with van der Waals surface area (Å²) in [6.07, 6.45) is -11.6. The first-order chi connectivity index (χ1) is 21.2. The molecule has 2 aliphatic heterocycles. The molecule has 17 heteroatoms. The molecular formula is C28H36O17. The van der Waals surface area contributed by atoms with Crippen LogP contribution in [0.15, 0.2) is 24.3 Å². The third-order valence-corrected chi connectivity index (χ3v) is 6.70. The fourth-order valence-corrected chi connectivity index (χ4v) is 4.58. The van der Waals surface area contributed by atoms with Crippen LogP contribution in [0.5, 0.6) is 11.5 Å². The van der Waals surface area contributed by atoms with Crippen molar-refractivity contribution < 1.29 is 82.6 Å². The third-order valence-electron chi connectivity index (χ3n) is 6.70. The van der Waals surface area contributed by atoms with E-state index >= 15 is 0 Å². The van der Waals surface area contributed by atoms with Crippen LogP contribution in [0.2, 0.25) is 0 Å². The minimum atomic E-state index is -2.46. The van der Waals surface area contributed by atoms with E-state index in [0.717, 1.165) is 26.8 Å². The average molecular weight is 645 g/mol. The Hall–Kier alpha value is -3.84. The van der Waals surface area contributed by atoms with Gasteiger partial charge in [0, 0.05) is 26.8 Å². The van der Waals surface area contributed by atoms with Crippen molar-refractivity contribution in [2.45, 2.75) is 75.6 Å². The zero-order valence-electron chi connectivity index (χ0n) is 24.8. The van der Waals surface area contributed by atoms with E-state index in [4.69, 9.17) is 37.9 Å². The Morgan fingerprint density at radius 3 is 2.22 bits per heavy atom. The molecule has 1 aromatic rings. The molecule has 2 saturated heterocycles. The molecule has 250 valence electrons. The molecule has 0 radical (unpaired) electrons. The van der Waals surface area contributed by atoms with E-state index in [-0.39, 0.29) is 11.5 Å². The zero-order valence-corrected chi connectivity index (χ0v) is 24.8. The molecule has 0 saturated carbocycles. The predicted molar refractivity (Wildman–Crippen MR) is 145 cm³/mol. The number of carbonyl (C=O) groups excluding carboxylic acids is 4. The monoisotopic (exact) mass is 644 g/mol. The maximum absolute atomic E-state index is 13.0. The van der Waals surface area contributed by atoms with Crippen LogP contribution in [-0.2, 0) is 52.3 Å². The number of aliphatic hydroxyl groups is 4. The molecule has 3 rings (SSSR count). The van der Waals surface area contributed by atoms with Gasteiger partial charge in [0.1, 0.15) is 43.7 Å². The van der Waals surface area contributed by atoms with Crippen molar-refractivity contribution in [3.63, 3.8) is 0 Å². The van der Waals surface area contributed by atoms with Gasteiger partial charge in [-0.1, -0.05) is 6.07 Å². The maximum atomic E-state index is 13.0. The molecule has 0 unspecified atom stereocenters. The van der Waals surface area contributed by atoms with Crippen LogP contribution in [0.3, 0.4) is 0 Å². The van der Waals surface area contributed by atoms with Crippen LogP contribution < -0.4 is 4.74 Å². The van der Waals surface area contributed by atoms with Crippen molar-refractivity contribution in [1.29, 1.82) is 0 Å². The van der Waals surface area contributed by atoms with Gasteiger partial charge in [-0.05, 0) is 23.8 Å². The highest BCUT2D eigenvalue weighted by molar-refractivity contribution is 5.87. The summed E-state index contributed by atoms with van der Waals surface area (Å²) in [5.74, 6) is -6.09. The Morgan fingerprint density at radius 1 is 0.933 bits per heavy atom. The first-order valence-electron chi connectivity index (χ1n) is 13.6. The van der Waals surface area contributed by atoms with Crippen molar-refractivity contribution in [2.24, 2.45) is 0 Å². The number of hydrogen-bond donors (Lipinski definition) is 5. The molecule has 1 aromatic carbocycles. The number of methoxy groups -OCH3 is 1. The van der Waals surface area contributed by atoms with E-state index in [1.165, 1.54) is 31.4 Å². The maximum Gasteiger partial charge on any atom is 0.331 e. The number of aliphatic hydroxyl groups excluding tert-OH is 4. The summed E-state index contributed by atoms with van der Waals surface area (Å²) in [5.41, 5.74) is 0.409. The molecular weight excluding hydrogens is 608 g/mol. The molecule has 9 atom stereocenters. The quantitative estimate of drug-likeness (QED) is 0.0966. The van der Waals surface area contributed by atoms with Gasteiger partial charge in [-0.2, -0.15) is 0 Å². The van der Waals surface area contributed by atoms with Gasteiger partial charge < -0.3 is 63.4 Å². The highest BCUT2D eigenvalue weighted by Gasteiger charge is 2.62. The number of ether oxygens (including phenoxy) is 8. The highest BCUT2D eigenvalue weighted by atomic mass is 16.8. The van der Waals surface area contributed by atoms with Crippen LogP contribution in [0, 0.1) is 0 Å². The van der Waals surface area contributed by atoms with E-state index < -0.39 is 98.5 Å². The van der Waals surface area contributed by atoms with Crippen molar-refractivity contribution in [2.75, 3.05) is 26.9 Å². The second kappa shape index (κ2) is 15.4. The Labute approximate surface area is 256 Å². The molecule has 0 spiro atoms. The molecule has 0 aromatic heterocycles. The molecule has 45 heavy (non-hydrogen) atoms. The number of hydrogen-bond acceptors (Lipinski definition) is 17. The number of benzene rings is 1. The summed E-state index contributed by atoms with van der Waals surface area (Å²) in [5, 5.41) is 52.0. The van der Waals surface area contributed by atoms with E-state index in [9.17, 15) is 44.7 Å². The van der Waals surface area contributed by atoms with Crippen LogP contribution in [0.4, 0.5) is 0 Å². The lowest BCUT2D eigenvalue weighted by Gasteiger charge is -2.44. The van der Waals surface area contributed by atoms with Gasteiger partial charge in [-0.25, -0.2) is 4.79 Å². The van der Waals surface area contributed by atoms with Gasteiger partial charge in [0.05, 0.1) is 13.7 Å². The zero-order chi connectivity index (χ0) is 33.5. The lowest BCUT2D eigenvalue weighted by Crippen LogP contribution is -2.64. The molecule has 2 aliphatic rings. The second-order valence-corrected chi connectivity index (χ2v) is 10.1. The molecule has 0 amide bonds. The van der Waals surface area contributed by atoms with E-state index in [0.29, 0.717) is 5.56 Å². The van der Waals surface area contributed by atoms with Crippen LogP contribution >= 0.6 is 0 Å². The minimum absolute atomic E-state index is 0.124. The molecule has 2 fully saturated rings. The molecule has 0 aliphatic carbocycles. The van der Waals surface area contributed by atoms with Gasteiger partial charge >= 0.3 is 23.9 Å². The Balaban J connectivity index is 1.98.